The van der Waals surface area contributed by atoms with Crippen molar-refractivity contribution in [2.75, 3.05) is 0 Å². The van der Waals surface area contributed by atoms with Gasteiger partial charge in [0.05, 0.1) is 0 Å². The topological polar surface area (TPSA) is 109 Å². The number of aliphatic carboxylic acids is 1. The minimum atomic E-state index is -1.04. The summed E-state index contributed by atoms with van der Waals surface area (Å²) in [6.45, 7) is 3.42. The summed E-state index contributed by atoms with van der Waals surface area (Å²) in [7, 11) is 0. The second kappa shape index (κ2) is 6.69. The average Bonchev–Trinajstić information content (AvgIpc) is 2.34. The molecule has 0 saturated carbocycles. The Labute approximate surface area is 122 Å². The van der Waals surface area contributed by atoms with Gasteiger partial charge in [-0.3, -0.25) is 9.59 Å². The highest BCUT2D eigenvalue weighted by atomic mass is 16.4. The standard InChI is InChI=1S/C15H18N2O4/c1-15(2,9-12(16)18)17-14(21)11-6-3-10(4-7-11)5-8-13(19)20/h3-8H,9H2,1-2H3,(H2,16,18)(H,17,21)(H,19,20)/b8-5+. The van der Waals surface area contributed by atoms with Gasteiger partial charge in [-0.05, 0) is 37.6 Å². The van der Waals surface area contributed by atoms with Gasteiger partial charge >= 0.3 is 5.97 Å². The van der Waals surface area contributed by atoms with E-state index in [-0.39, 0.29) is 12.3 Å². The molecule has 2 amide bonds. The number of carboxylic acids is 1. The van der Waals surface area contributed by atoms with Crippen LogP contribution in [-0.2, 0) is 9.59 Å². The predicted octanol–water partition coefficient (Wildman–Crippen LogP) is 1.17. The molecular formula is C15H18N2O4. The Balaban J connectivity index is 2.75. The monoisotopic (exact) mass is 290 g/mol. The van der Waals surface area contributed by atoms with Gasteiger partial charge in [0.1, 0.15) is 0 Å². The maximum atomic E-state index is 12.0. The van der Waals surface area contributed by atoms with Crippen LogP contribution in [0.3, 0.4) is 0 Å². The predicted molar refractivity (Wildman–Crippen MR) is 78.5 cm³/mol. The van der Waals surface area contributed by atoms with E-state index in [9.17, 15) is 14.4 Å². The molecule has 6 nitrogen and oxygen atoms in total. The molecule has 1 rings (SSSR count). The summed E-state index contributed by atoms with van der Waals surface area (Å²) in [6, 6.07) is 6.43. The maximum absolute atomic E-state index is 12.0. The minimum absolute atomic E-state index is 0.0399. The Morgan fingerprint density at radius 2 is 1.81 bits per heavy atom. The van der Waals surface area contributed by atoms with Crippen molar-refractivity contribution in [1.29, 1.82) is 0 Å². The maximum Gasteiger partial charge on any atom is 0.328 e. The number of carboxylic acid groups (broad SMARTS) is 1. The molecule has 21 heavy (non-hydrogen) atoms. The average molecular weight is 290 g/mol. The zero-order valence-electron chi connectivity index (χ0n) is 11.9. The Kier molecular flexibility index (Phi) is 5.24. The van der Waals surface area contributed by atoms with Crippen LogP contribution < -0.4 is 11.1 Å². The Hall–Kier alpha value is -2.63. The van der Waals surface area contributed by atoms with Gasteiger partial charge in [-0.15, -0.1) is 0 Å². The number of nitrogens with one attached hydrogen (secondary N) is 1. The van der Waals surface area contributed by atoms with Crippen molar-refractivity contribution < 1.29 is 19.5 Å². The van der Waals surface area contributed by atoms with Crippen LogP contribution in [0.2, 0.25) is 0 Å². The van der Waals surface area contributed by atoms with Gasteiger partial charge in [-0.2, -0.15) is 0 Å². The smallest absolute Gasteiger partial charge is 0.328 e. The summed E-state index contributed by atoms with van der Waals surface area (Å²) in [5.41, 5.74) is 5.48. The first-order chi connectivity index (χ1) is 9.69. The normalized spacial score (nSPS) is 11.3. The SMILES string of the molecule is CC(C)(CC(N)=O)NC(=O)c1ccc(/C=C/C(=O)O)cc1. The van der Waals surface area contributed by atoms with Crippen LogP contribution in [0, 0.1) is 0 Å². The van der Waals surface area contributed by atoms with E-state index in [4.69, 9.17) is 10.8 Å². The van der Waals surface area contributed by atoms with Crippen molar-refractivity contribution in [2.45, 2.75) is 25.8 Å². The molecule has 0 fully saturated rings. The third-order valence-electron chi connectivity index (χ3n) is 2.66. The highest BCUT2D eigenvalue weighted by molar-refractivity contribution is 5.95. The summed E-state index contributed by atoms with van der Waals surface area (Å²) in [4.78, 5) is 33.4. The van der Waals surface area contributed by atoms with Crippen LogP contribution in [0.5, 0.6) is 0 Å². The highest BCUT2D eigenvalue weighted by Gasteiger charge is 2.23. The molecule has 0 saturated heterocycles. The summed E-state index contributed by atoms with van der Waals surface area (Å²) in [6.07, 6.45) is 2.49. The molecule has 0 aliphatic heterocycles. The molecule has 0 radical (unpaired) electrons. The van der Waals surface area contributed by atoms with Crippen molar-refractivity contribution in [1.82, 2.24) is 5.32 Å². The number of benzene rings is 1. The van der Waals surface area contributed by atoms with Gasteiger partial charge in [-0.25, -0.2) is 4.79 Å². The van der Waals surface area contributed by atoms with Crippen LogP contribution in [0.25, 0.3) is 6.08 Å². The van der Waals surface area contributed by atoms with Crippen molar-refractivity contribution in [2.24, 2.45) is 5.73 Å². The first kappa shape index (κ1) is 16.4. The first-order valence-electron chi connectivity index (χ1n) is 6.31. The Morgan fingerprint density at radius 1 is 1.24 bits per heavy atom. The molecule has 0 atom stereocenters. The molecule has 1 aromatic carbocycles. The van der Waals surface area contributed by atoms with E-state index in [2.05, 4.69) is 5.32 Å². The van der Waals surface area contributed by atoms with Gasteiger partial charge in [0.25, 0.3) is 5.91 Å². The Bertz CT molecular complexity index is 574. The van der Waals surface area contributed by atoms with E-state index in [1.54, 1.807) is 38.1 Å². The number of primary amides is 1. The number of hydrogen-bond acceptors (Lipinski definition) is 3. The number of amides is 2. The fourth-order valence-corrected chi connectivity index (χ4v) is 1.77. The molecule has 0 spiro atoms. The van der Waals surface area contributed by atoms with Gasteiger partial charge in [0.2, 0.25) is 5.91 Å². The molecule has 112 valence electrons. The van der Waals surface area contributed by atoms with Crippen molar-refractivity contribution in [3.05, 3.63) is 41.5 Å². The number of rotatable bonds is 6. The molecular weight excluding hydrogens is 272 g/mol. The molecule has 6 heteroatoms. The third kappa shape index (κ3) is 5.90. The second-order valence-corrected chi connectivity index (χ2v) is 5.27. The lowest BCUT2D eigenvalue weighted by Gasteiger charge is -2.24. The lowest BCUT2D eigenvalue weighted by Crippen LogP contribution is -2.46. The molecule has 0 heterocycles. The fraction of sp³-hybridized carbons (Fsp3) is 0.267. The lowest BCUT2D eigenvalue weighted by molar-refractivity contribution is -0.131. The fourth-order valence-electron chi connectivity index (χ4n) is 1.77. The van der Waals surface area contributed by atoms with E-state index >= 15 is 0 Å². The van der Waals surface area contributed by atoms with Gasteiger partial charge < -0.3 is 16.2 Å². The lowest BCUT2D eigenvalue weighted by atomic mass is 9.99. The van der Waals surface area contributed by atoms with Gasteiger partial charge in [-0.1, -0.05) is 12.1 Å². The zero-order chi connectivity index (χ0) is 16.0. The second-order valence-electron chi connectivity index (χ2n) is 5.27. The van der Waals surface area contributed by atoms with Crippen LogP contribution in [0.1, 0.15) is 36.2 Å². The van der Waals surface area contributed by atoms with Gasteiger partial charge in [0, 0.05) is 23.6 Å². The minimum Gasteiger partial charge on any atom is -0.478 e. The van der Waals surface area contributed by atoms with Crippen LogP contribution >= 0.6 is 0 Å². The number of hydrogen-bond donors (Lipinski definition) is 3. The van der Waals surface area contributed by atoms with E-state index in [0.717, 1.165) is 6.08 Å². The first-order valence-corrected chi connectivity index (χ1v) is 6.31. The van der Waals surface area contributed by atoms with Crippen molar-refractivity contribution in [3.8, 4) is 0 Å². The number of nitrogens with two attached hydrogens (primary N) is 1. The van der Waals surface area contributed by atoms with Crippen LogP contribution in [-0.4, -0.2) is 28.4 Å². The summed E-state index contributed by atoms with van der Waals surface area (Å²) < 4.78 is 0. The van der Waals surface area contributed by atoms with E-state index in [1.807, 2.05) is 0 Å². The van der Waals surface area contributed by atoms with Crippen molar-refractivity contribution >= 4 is 23.9 Å². The third-order valence-corrected chi connectivity index (χ3v) is 2.66. The summed E-state index contributed by atoms with van der Waals surface area (Å²) in [5.74, 6) is -1.85. The van der Waals surface area contributed by atoms with E-state index in [0.29, 0.717) is 11.1 Å². The van der Waals surface area contributed by atoms with Crippen molar-refractivity contribution in [3.63, 3.8) is 0 Å². The highest BCUT2D eigenvalue weighted by Crippen LogP contribution is 2.11. The molecule has 0 aromatic heterocycles. The summed E-state index contributed by atoms with van der Waals surface area (Å²) in [5, 5.41) is 11.3. The van der Waals surface area contributed by atoms with E-state index < -0.39 is 17.4 Å². The zero-order valence-corrected chi connectivity index (χ0v) is 11.9. The number of carbonyl (C=O) groups excluding carboxylic acids is 2. The Morgan fingerprint density at radius 3 is 2.29 bits per heavy atom. The summed E-state index contributed by atoms with van der Waals surface area (Å²) >= 11 is 0. The molecule has 0 bridgehead atoms. The van der Waals surface area contributed by atoms with E-state index in [1.165, 1.54) is 6.08 Å². The molecule has 1 aromatic rings. The van der Waals surface area contributed by atoms with Crippen LogP contribution in [0.15, 0.2) is 30.3 Å². The molecule has 0 aliphatic rings. The molecule has 4 N–H and O–H groups in total. The quantitative estimate of drug-likeness (QED) is 0.683. The molecule has 0 aliphatic carbocycles. The number of carbonyl (C=O) groups is 3. The van der Waals surface area contributed by atoms with Crippen LogP contribution in [0.4, 0.5) is 0 Å². The largest absolute Gasteiger partial charge is 0.478 e. The molecule has 0 unspecified atom stereocenters. The van der Waals surface area contributed by atoms with Gasteiger partial charge in [0.15, 0.2) is 0 Å².